The van der Waals surface area contributed by atoms with E-state index in [0.717, 1.165) is 0 Å². The molecule has 1 saturated heterocycles. The van der Waals surface area contributed by atoms with Gasteiger partial charge in [-0.15, -0.1) is 0 Å². The number of amides is 2. The van der Waals surface area contributed by atoms with Crippen molar-refractivity contribution < 1.29 is 9.59 Å². The molecule has 1 aromatic carbocycles. The van der Waals surface area contributed by atoms with E-state index in [2.05, 4.69) is 0 Å². The summed E-state index contributed by atoms with van der Waals surface area (Å²) < 4.78 is 0. The molecule has 0 atom stereocenters. The molecule has 0 aromatic heterocycles. The fraction of sp³-hybridized carbons (Fsp3) is 0.429. The van der Waals surface area contributed by atoms with Crippen LogP contribution in [0, 0.1) is 0 Å². The predicted molar refractivity (Wildman–Crippen MR) is 74.2 cm³/mol. The average Bonchev–Trinajstić information content (AvgIpc) is 2.46. The van der Waals surface area contributed by atoms with Gasteiger partial charge in [0.2, 0.25) is 5.91 Å². The summed E-state index contributed by atoms with van der Waals surface area (Å²) in [6, 6.07) is 7.05. The Bertz CT molecular complexity index is 482. The van der Waals surface area contributed by atoms with Gasteiger partial charge >= 0.3 is 0 Å². The number of carbonyl (C=O) groups excluding carboxylic acids is 2. The maximum Gasteiger partial charge on any atom is 0.255 e. The van der Waals surface area contributed by atoms with E-state index in [1.807, 2.05) is 6.92 Å². The lowest BCUT2D eigenvalue weighted by Crippen LogP contribution is -2.50. The predicted octanol–water partition coefficient (Wildman–Crippen LogP) is 2.03. The Labute approximate surface area is 117 Å². The van der Waals surface area contributed by atoms with Gasteiger partial charge < -0.3 is 9.80 Å². The first-order chi connectivity index (χ1) is 9.13. The summed E-state index contributed by atoms with van der Waals surface area (Å²) in [5.74, 6) is 0.0824. The number of nitrogens with zero attached hydrogens (tertiary/aromatic N) is 2. The van der Waals surface area contributed by atoms with Crippen molar-refractivity contribution in [2.45, 2.75) is 13.3 Å². The zero-order chi connectivity index (χ0) is 13.8. The second-order valence-electron chi connectivity index (χ2n) is 4.51. The van der Waals surface area contributed by atoms with Gasteiger partial charge in [-0.2, -0.15) is 0 Å². The molecule has 0 bridgehead atoms. The first-order valence-corrected chi connectivity index (χ1v) is 6.83. The molecule has 102 valence electrons. The van der Waals surface area contributed by atoms with Gasteiger partial charge in [-0.25, -0.2) is 0 Å². The van der Waals surface area contributed by atoms with Crippen molar-refractivity contribution in [2.24, 2.45) is 0 Å². The number of piperazine rings is 1. The monoisotopic (exact) mass is 280 g/mol. The summed E-state index contributed by atoms with van der Waals surface area (Å²) in [5, 5.41) is 0.472. The molecule has 1 aliphatic heterocycles. The van der Waals surface area contributed by atoms with Crippen LogP contribution in [0.4, 0.5) is 0 Å². The van der Waals surface area contributed by atoms with Crippen molar-refractivity contribution >= 4 is 23.4 Å². The van der Waals surface area contributed by atoms with E-state index in [0.29, 0.717) is 43.2 Å². The summed E-state index contributed by atoms with van der Waals surface area (Å²) in [7, 11) is 0. The second kappa shape index (κ2) is 6.06. The van der Waals surface area contributed by atoms with E-state index in [9.17, 15) is 9.59 Å². The maximum absolute atomic E-state index is 12.3. The van der Waals surface area contributed by atoms with Gasteiger partial charge in [0.15, 0.2) is 0 Å². The van der Waals surface area contributed by atoms with Crippen LogP contribution in [-0.4, -0.2) is 47.8 Å². The number of carbonyl (C=O) groups is 2. The molecule has 1 aliphatic rings. The Balaban J connectivity index is 2.00. The fourth-order valence-electron chi connectivity index (χ4n) is 2.19. The molecular weight excluding hydrogens is 264 g/mol. The van der Waals surface area contributed by atoms with Crippen LogP contribution in [0.25, 0.3) is 0 Å². The Hall–Kier alpha value is -1.55. The van der Waals surface area contributed by atoms with Crippen LogP contribution in [-0.2, 0) is 4.79 Å². The number of rotatable bonds is 2. The maximum atomic E-state index is 12.3. The molecule has 5 heteroatoms. The highest BCUT2D eigenvalue weighted by Crippen LogP contribution is 2.18. The quantitative estimate of drug-likeness (QED) is 0.832. The van der Waals surface area contributed by atoms with E-state index in [4.69, 9.17) is 11.6 Å². The van der Waals surface area contributed by atoms with Crippen LogP contribution in [0.3, 0.4) is 0 Å². The topological polar surface area (TPSA) is 40.6 Å². The van der Waals surface area contributed by atoms with E-state index in [1.165, 1.54) is 0 Å². The molecule has 0 saturated carbocycles. The largest absolute Gasteiger partial charge is 0.339 e. The molecule has 0 N–H and O–H groups in total. The van der Waals surface area contributed by atoms with E-state index in [1.54, 1.807) is 34.1 Å². The van der Waals surface area contributed by atoms with Crippen molar-refractivity contribution in [3.63, 3.8) is 0 Å². The summed E-state index contributed by atoms with van der Waals surface area (Å²) in [6.45, 7) is 4.18. The SMILES string of the molecule is CCC(=O)N1CCN(C(=O)c2ccccc2Cl)CC1. The minimum atomic E-state index is -0.0609. The van der Waals surface area contributed by atoms with Gasteiger partial charge in [0.25, 0.3) is 5.91 Å². The zero-order valence-electron chi connectivity index (χ0n) is 10.9. The van der Waals surface area contributed by atoms with E-state index in [-0.39, 0.29) is 11.8 Å². The van der Waals surface area contributed by atoms with Crippen LogP contribution >= 0.6 is 11.6 Å². The molecule has 1 aromatic rings. The summed E-state index contributed by atoms with van der Waals surface area (Å²) in [5.41, 5.74) is 0.527. The first kappa shape index (κ1) is 13.9. The summed E-state index contributed by atoms with van der Waals surface area (Å²) in [4.78, 5) is 27.4. The van der Waals surface area contributed by atoms with Gasteiger partial charge in [-0.3, -0.25) is 9.59 Å². The van der Waals surface area contributed by atoms with Crippen molar-refractivity contribution in [1.29, 1.82) is 0 Å². The summed E-state index contributed by atoms with van der Waals surface area (Å²) in [6.07, 6.45) is 0.512. The van der Waals surface area contributed by atoms with E-state index < -0.39 is 0 Å². The number of halogens is 1. The van der Waals surface area contributed by atoms with Crippen LogP contribution in [0.15, 0.2) is 24.3 Å². The van der Waals surface area contributed by atoms with Gasteiger partial charge in [-0.05, 0) is 12.1 Å². The molecule has 0 spiro atoms. The molecule has 0 aliphatic carbocycles. The van der Waals surface area contributed by atoms with Crippen LogP contribution < -0.4 is 0 Å². The van der Waals surface area contributed by atoms with Crippen molar-refractivity contribution in [1.82, 2.24) is 9.80 Å². The molecule has 1 heterocycles. The highest BCUT2D eigenvalue weighted by molar-refractivity contribution is 6.33. The Kier molecular flexibility index (Phi) is 4.43. The Morgan fingerprint density at radius 3 is 2.26 bits per heavy atom. The minimum absolute atomic E-state index is 0.0609. The van der Waals surface area contributed by atoms with Crippen molar-refractivity contribution in [3.8, 4) is 0 Å². The third-order valence-corrected chi connectivity index (χ3v) is 3.66. The zero-order valence-corrected chi connectivity index (χ0v) is 11.7. The average molecular weight is 281 g/mol. The molecule has 4 nitrogen and oxygen atoms in total. The normalized spacial score (nSPS) is 15.5. The lowest BCUT2D eigenvalue weighted by atomic mass is 10.1. The van der Waals surface area contributed by atoms with Gasteiger partial charge in [0.1, 0.15) is 0 Å². The highest BCUT2D eigenvalue weighted by Gasteiger charge is 2.24. The molecule has 0 radical (unpaired) electrons. The fourth-order valence-corrected chi connectivity index (χ4v) is 2.40. The smallest absolute Gasteiger partial charge is 0.255 e. The van der Waals surface area contributed by atoms with E-state index >= 15 is 0 Å². The van der Waals surface area contributed by atoms with Crippen molar-refractivity contribution in [2.75, 3.05) is 26.2 Å². The molecule has 2 rings (SSSR count). The van der Waals surface area contributed by atoms with Crippen molar-refractivity contribution in [3.05, 3.63) is 34.9 Å². The lowest BCUT2D eigenvalue weighted by Gasteiger charge is -2.34. The van der Waals surface area contributed by atoms with Gasteiger partial charge in [0.05, 0.1) is 10.6 Å². The van der Waals surface area contributed by atoms with Crippen LogP contribution in [0.2, 0.25) is 5.02 Å². The first-order valence-electron chi connectivity index (χ1n) is 6.45. The number of hydrogen-bond acceptors (Lipinski definition) is 2. The van der Waals surface area contributed by atoms with Crippen LogP contribution in [0.5, 0.6) is 0 Å². The molecule has 0 unspecified atom stereocenters. The molecule has 2 amide bonds. The molecule has 1 fully saturated rings. The number of hydrogen-bond donors (Lipinski definition) is 0. The second-order valence-corrected chi connectivity index (χ2v) is 4.91. The minimum Gasteiger partial charge on any atom is -0.339 e. The molecule has 19 heavy (non-hydrogen) atoms. The third kappa shape index (κ3) is 3.07. The number of benzene rings is 1. The summed E-state index contributed by atoms with van der Waals surface area (Å²) >= 11 is 6.03. The highest BCUT2D eigenvalue weighted by atomic mass is 35.5. The lowest BCUT2D eigenvalue weighted by molar-refractivity contribution is -0.132. The standard InChI is InChI=1S/C14H17ClN2O2/c1-2-13(18)16-7-9-17(10-8-16)14(19)11-5-3-4-6-12(11)15/h3-6H,2,7-10H2,1H3. The Morgan fingerprint density at radius 2 is 1.68 bits per heavy atom. The third-order valence-electron chi connectivity index (χ3n) is 3.33. The van der Waals surface area contributed by atoms with Crippen LogP contribution in [0.1, 0.15) is 23.7 Å². The van der Waals surface area contributed by atoms with Gasteiger partial charge in [-0.1, -0.05) is 30.7 Å². The van der Waals surface area contributed by atoms with Gasteiger partial charge in [0, 0.05) is 32.6 Å². The Morgan fingerprint density at radius 1 is 1.11 bits per heavy atom. The molecular formula is C14H17ClN2O2.